The molecule has 1 saturated heterocycles. The first-order valence-corrected chi connectivity index (χ1v) is 8.47. The Kier molecular flexibility index (Phi) is 4.48. The number of aromatic nitrogens is 1. The normalized spacial score (nSPS) is 25.4. The van der Waals surface area contributed by atoms with Crippen molar-refractivity contribution in [2.24, 2.45) is 5.92 Å². The summed E-state index contributed by atoms with van der Waals surface area (Å²) in [4.78, 5) is 4.04. The lowest BCUT2D eigenvalue weighted by molar-refractivity contribution is 0.202. The second-order valence-electron chi connectivity index (χ2n) is 5.11. The first kappa shape index (κ1) is 14.8. The fraction of sp³-hybridized carbons (Fsp3) is 0.615. The Labute approximate surface area is 119 Å². The van der Waals surface area contributed by atoms with E-state index in [1.165, 1.54) is 6.20 Å². The van der Waals surface area contributed by atoms with Crippen molar-refractivity contribution in [3.05, 3.63) is 23.9 Å². The molecule has 1 aromatic heterocycles. The third-order valence-corrected chi connectivity index (χ3v) is 6.05. The van der Waals surface area contributed by atoms with Gasteiger partial charge in [0.25, 0.3) is 10.0 Å². The molecule has 0 aromatic carbocycles. The molecule has 1 aliphatic rings. The Morgan fingerprint density at radius 3 is 2.74 bits per heavy atom. The summed E-state index contributed by atoms with van der Waals surface area (Å²) >= 11 is 5.68. The molecule has 2 heterocycles. The smallest absolute Gasteiger partial charge is 0.243 e. The monoisotopic (exact) mass is 302 g/mol. The topological polar surface area (TPSA) is 50.3 Å². The zero-order chi connectivity index (χ0) is 14.0. The second-order valence-corrected chi connectivity index (χ2v) is 7.22. The van der Waals surface area contributed by atoms with E-state index in [4.69, 9.17) is 11.6 Å². The fourth-order valence-electron chi connectivity index (χ4n) is 2.40. The van der Waals surface area contributed by atoms with Crippen LogP contribution >= 0.6 is 11.6 Å². The van der Waals surface area contributed by atoms with Crippen LogP contribution in [-0.4, -0.2) is 30.3 Å². The molecule has 0 aliphatic carbocycles. The van der Waals surface area contributed by atoms with Gasteiger partial charge in [-0.3, -0.25) is 0 Å². The number of hydrogen-bond acceptors (Lipinski definition) is 3. The quantitative estimate of drug-likeness (QED) is 0.807. The van der Waals surface area contributed by atoms with Crippen molar-refractivity contribution in [1.82, 2.24) is 9.29 Å². The van der Waals surface area contributed by atoms with Crippen LogP contribution in [0.4, 0.5) is 0 Å². The number of halogens is 1. The van der Waals surface area contributed by atoms with Gasteiger partial charge >= 0.3 is 0 Å². The highest BCUT2D eigenvalue weighted by molar-refractivity contribution is 7.89. The molecule has 2 atom stereocenters. The van der Waals surface area contributed by atoms with Crippen LogP contribution in [0.5, 0.6) is 0 Å². The first-order valence-electron chi connectivity index (χ1n) is 6.49. The summed E-state index contributed by atoms with van der Waals surface area (Å²) in [6, 6.07) is 3.28. The van der Waals surface area contributed by atoms with Crippen molar-refractivity contribution < 1.29 is 8.42 Å². The molecule has 0 radical (unpaired) electrons. The number of piperidine rings is 1. The molecule has 0 N–H and O–H groups in total. The van der Waals surface area contributed by atoms with E-state index < -0.39 is 10.0 Å². The van der Waals surface area contributed by atoms with Gasteiger partial charge in [-0.25, -0.2) is 13.4 Å². The molecule has 19 heavy (non-hydrogen) atoms. The molecule has 0 bridgehead atoms. The number of hydrogen-bond donors (Lipinski definition) is 0. The lowest BCUT2D eigenvalue weighted by atomic mass is 9.94. The molecular formula is C13H19ClN2O2S. The van der Waals surface area contributed by atoms with Crippen LogP contribution in [0.25, 0.3) is 0 Å². The minimum atomic E-state index is -3.49. The number of rotatable bonds is 3. The van der Waals surface area contributed by atoms with Crippen molar-refractivity contribution in [3.8, 4) is 0 Å². The van der Waals surface area contributed by atoms with E-state index in [0.717, 1.165) is 18.4 Å². The molecular weight excluding hydrogens is 284 g/mol. The van der Waals surface area contributed by atoms with E-state index in [2.05, 4.69) is 11.9 Å². The number of sulfonamides is 1. The summed E-state index contributed by atoms with van der Waals surface area (Å²) in [5.41, 5.74) is 0.820. The van der Waals surface area contributed by atoms with Gasteiger partial charge < -0.3 is 0 Å². The van der Waals surface area contributed by atoms with Crippen LogP contribution in [0.1, 0.15) is 32.3 Å². The average molecular weight is 303 g/mol. The average Bonchev–Trinajstić information content (AvgIpc) is 2.41. The summed E-state index contributed by atoms with van der Waals surface area (Å²) in [5, 5.41) is 0.113. The summed E-state index contributed by atoms with van der Waals surface area (Å²) in [6.07, 6.45) is 3.51. The molecule has 2 rings (SSSR count). The van der Waals surface area contributed by atoms with E-state index in [1.54, 1.807) is 16.4 Å². The highest BCUT2D eigenvalue weighted by Crippen LogP contribution is 2.28. The molecule has 0 spiro atoms. The van der Waals surface area contributed by atoms with Crippen LogP contribution in [0.15, 0.2) is 23.4 Å². The Balaban J connectivity index is 2.30. The molecule has 4 nitrogen and oxygen atoms in total. The molecule has 0 saturated carbocycles. The Bertz CT molecular complexity index is 530. The molecule has 6 heteroatoms. The minimum absolute atomic E-state index is 0.0215. The molecule has 1 aliphatic heterocycles. The SMILES string of the molecule is CC1CCCN(S(=O)(=O)c2ccc(CCl)cn2)C1C. The summed E-state index contributed by atoms with van der Waals surface area (Å²) < 4.78 is 26.7. The number of alkyl halides is 1. The van der Waals surface area contributed by atoms with Crippen LogP contribution in [0.3, 0.4) is 0 Å². The molecule has 1 aromatic rings. The van der Waals surface area contributed by atoms with E-state index in [0.29, 0.717) is 18.3 Å². The Morgan fingerprint density at radius 1 is 1.42 bits per heavy atom. The van der Waals surface area contributed by atoms with Crippen LogP contribution in [0, 0.1) is 5.92 Å². The third-order valence-electron chi connectivity index (χ3n) is 3.84. The second kappa shape index (κ2) is 5.77. The fourth-order valence-corrected chi connectivity index (χ4v) is 4.24. The minimum Gasteiger partial charge on any atom is -0.243 e. The standard InChI is InChI=1S/C13H19ClN2O2S/c1-10-4-3-7-16(11(10)2)19(17,18)13-6-5-12(8-14)9-15-13/h5-6,9-11H,3-4,7-8H2,1-2H3. The van der Waals surface area contributed by atoms with Crippen molar-refractivity contribution in [1.29, 1.82) is 0 Å². The zero-order valence-electron chi connectivity index (χ0n) is 11.2. The van der Waals surface area contributed by atoms with Gasteiger partial charge in [-0.15, -0.1) is 11.6 Å². The van der Waals surface area contributed by atoms with Crippen molar-refractivity contribution in [2.45, 2.75) is 43.6 Å². The molecule has 106 valence electrons. The summed E-state index contributed by atoms with van der Waals surface area (Å²) in [5.74, 6) is 0.718. The van der Waals surface area contributed by atoms with E-state index in [1.807, 2.05) is 6.92 Å². The largest absolute Gasteiger partial charge is 0.260 e. The van der Waals surface area contributed by atoms with Gasteiger partial charge in [-0.1, -0.05) is 13.0 Å². The van der Waals surface area contributed by atoms with Gasteiger partial charge in [0.1, 0.15) is 0 Å². The van der Waals surface area contributed by atoms with Gasteiger partial charge in [0.15, 0.2) is 5.03 Å². The third kappa shape index (κ3) is 2.93. The molecule has 1 fully saturated rings. The van der Waals surface area contributed by atoms with Crippen LogP contribution in [-0.2, 0) is 15.9 Å². The maximum atomic E-state index is 12.6. The Hall–Kier alpha value is -0.650. The summed E-state index contributed by atoms with van der Waals surface area (Å²) in [6.45, 7) is 4.64. The maximum Gasteiger partial charge on any atom is 0.260 e. The van der Waals surface area contributed by atoms with E-state index in [9.17, 15) is 8.42 Å². The summed E-state index contributed by atoms with van der Waals surface area (Å²) in [7, 11) is -3.49. The van der Waals surface area contributed by atoms with E-state index in [-0.39, 0.29) is 11.1 Å². The highest BCUT2D eigenvalue weighted by Gasteiger charge is 2.35. The first-order chi connectivity index (χ1) is 8.96. The lowest BCUT2D eigenvalue weighted by Gasteiger charge is -2.36. The number of nitrogens with zero attached hydrogens (tertiary/aromatic N) is 2. The van der Waals surface area contributed by atoms with Crippen molar-refractivity contribution >= 4 is 21.6 Å². The van der Waals surface area contributed by atoms with Crippen LogP contribution in [0.2, 0.25) is 0 Å². The predicted octanol–water partition coefficient (Wildman–Crippen LogP) is 2.63. The predicted molar refractivity (Wildman–Crippen MR) is 75.5 cm³/mol. The Morgan fingerprint density at radius 2 is 2.16 bits per heavy atom. The molecule has 0 amide bonds. The van der Waals surface area contributed by atoms with Crippen LogP contribution < -0.4 is 0 Å². The zero-order valence-corrected chi connectivity index (χ0v) is 12.8. The van der Waals surface area contributed by atoms with Crippen molar-refractivity contribution in [3.63, 3.8) is 0 Å². The maximum absolute atomic E-state index is 12.6. The van der Waals surface area contributed by atoms with Gasteiger partial charge in [-0.05, 0) is 37.3 Å². The molecule has 2 unspecified atom stereocenters. The highest BCUT2D eigenvalue weighted by atomic mass is 35.5. The van der Waals surface area contributed by atoms with Crippen molar-refractivity contribution in [2.75, 3.05) is 6.54 Å². The van der Waals surface area contributed by atoms with E-state index >= 15 is 0 Å². The lowest BCUT2D eigenvalue weighted by Crippen LogP contribution is -2.46. The van der Waals surface area contributed by atoms with Gasteiger partial charge in [0, 0.05) is 24.7 Å². The number of pyridine rings is 1. The van der Waals surface area contributed by atoms with Gasteiger partial charge in [0.05, 0.1) is 0 Å². The van der Waals surface area contributed by atoms with Gasteiger partial charge in [-0.2, -0.15) is 4.31 Å². The van der Waals surface area contributed by atoms with Gasteiger partial charge in [0.2, 0.25) is 0 Å².